The summed E-state index contributed by atoms with van der Waals surface area (Å²) in [6, 6.07) is -0.244. The number of carbonyl (C=O) groups excluding carboxylic acids is 1. The zero-order valence-electron chi connectivity index (χ0n) is 11.2. The molecule has 18 heavy (non-hydrogen) atoms. The third kappa shape index (κ3) is 3.87. The van der Waals surface area contributed by atoms with E-state index in [0.717, 1.165) is 0 Å². The third-order valence-electron chi connectivity index (χ3n) is 3.16. The number of amides is 2. The number of carboxylic acids is 1. The number of hydrogen-bond donors (Lipinski definition) is 2. The van der Waals surface area contributed by atoms with Crippen LogP contribution in [0.1, 0.15) is 33.6 Å². The van der Waals surface area contributed by atoms with Crippen molar-refractivity contribution in [3.8, 4) is 0 Å². The van der Waals surface area contributed by atoms with Crippen molar-refractivity contribution in [3.63, 3.8) is 0 Å². The molecule has 1 unspecified atom stereocenters. The van der Waals surface area contributed by atoms with Crippen LogP contribution in [0.2, 0.25) is 0 Å². The van der Waals surface area contributed by atoms with Gasteiger partial charge in [0.25, 0.3) is 0 Å². The summed E-state index contributed by atoms with van der Waals surface area (Å²) >= 11 is 0. The molecule has 104 valence electrons. The van der Waals surface area contributed by atoms with Crippen molar-refractivity contribution in [1.82, 2.24) is 9.80 Å². The Labute approximate surface area is 107 Å². The number of carboxylic acid groups (broad SMARTS) is 1. The number of nitrogens with zero attached hydrogens (tertiary/aromatic N) is 2. The molecule has 0 aromatic heterocycles. The maximum absolute atomic E-state index is 12.2. The van der Waals surface area contributed by atoms with Gasteiger partial charge in [-0.1, -0.05) is 0 Å². The number of hydrogen-bond acceptors (Lipinski definition) is 3. The van der Waals surface area contributed by atoms with Crippen LogP contribution in [-0.2, 0) is 4.79 Å². The summed E-state index contributed by atoms with van der Waals surface area (Å²) in [5, 5.41) is 18.5. The lowest BCUT2D eigenvalue weighted by Gasteiger charge is -2.31. The second-order valence-corrected chi connectivity index (χ2v) is 5.38. The zero-order chi connectivity index (χ0) is 13.9. The Morgan fingerprint density at radius 2 is 2.06 bits per heavy atom. The van der Waals surface area contributed by atoms with Crippen LogP contribution in [0, 0.1) is 0 Å². The third-order valence-corrected chi connectivity index (χ3v) is 3.16. The number of aliphatic hydroxyl groups is 1. The van der Waals surface area contributed by atoms with Crippen molar-refractivity contribution in [2.45, 2.75) is 45.3 Å². The number of β-amino-alcohol motifs (C(OH)–C–C–N with tert-alkyl or cyclic N) is 1. The lowest BCUT2D eigenvalue weighted by molar-refractivity contribution is -0.137. The quantitative estimate of drug-likeness (QED) is 0.779. The van der Waals surface area contributed by atoms with Crippen LogP contribution < -0.4 is 0 Å². The molecule has 1 rings (SSSR count). The molecule has 1 saturated heterocycles. The molecule has 0 saturated carbocycles. The first-order valence-corrected chi connectivity index (χ1v) is 6.22. The molecule has 1 atom stereocenters. The van der Waals surface area contributed by atoms with E-state index in [1.807, 2.05) is 13.8 Å². The van der Waals surface area contributed by atoms with Crippen molar-refractivity contribution in [1.29, 1.82) is 0 Å². The van der Waals surface area contributed by atoms with Crippen molar-refractivity contribution in [2.75, 3.05) is 19.6 Å². The van der Waals surface area contributed by atoms with Gasteiger partial charge in [0.05, 0.1) is 18.6 Å². The molecule has 6 heteroatoms. The number of urea groups is 1. The summed E-state index contributed by atoms with van der Waals surface area (Å²) in [7, 11) is 0. The standard InChI is InChI=1S/C12H22N2O4/c1-9(2)14(6-4-10(15)16)11(17)13-7-5-12(3,18)8-13/h9,18H,4-8H2,1-3H3,(H,15,16). The van der Waals surface area contributed by atoms with E-state index in [1.165, 1.54) is 4.90 Å². The predicted molar refractivity (Wildman–Crippen MR) is 66.3 cm³/mol. The molecule has 0 spiro atoms. The van der Waals surface area contributed by atoms with Crippen LogP contribution in [0.15, 0.2) is 0 Å². The molecule has 2 N–H and O–H groups in total. The summed E-state index contributed by atoms with van der Waals surface area (Å²) in [5.41, 5.74) is -0.828. The van der Waals surface area contributed by atoms with E-state index in [0.29, 0.717) is 19.5 Å². The fraction of sp³-hybridized carbons (Fsp3) is 0.833. The number of rotatable bonds is 4. The monoisotopic (exact) mass is 258 g/mol. The molecule has 1 fully saturated rings. The van der Waals surface area contributed by atoms with Gasteiger partial charge in [-0.3, -0.25) is 4.79 Å². The van der Waals surface area contributed by atoms with E-state index in [4.69, 9.17) is 5.11 Å². The lowest BCUT2D eigenvalue weighted by atomic mass is 10.1. The Morgan fingerprint density at radius 3 is 2.44 bits per heavy atom. The molecule has 1 heterocycles. The van der Waals surface area contributed by atoms with Gasteiger partial charge in [-0.15, -0.1) is 0 Å². The zero-order valence-corrected chi connectivity index (χ0v) is 11.2. The van der Waals surface area contributed by atoms with Gasteiger partial charge < -0.3 is 20.0 Å². The molecule has 0 aromatic carbocycles. The first-order chi connectivity index (χ1) is 8.23. The molecule has 1 aliphatic rings. The van der Waals surface area contributed by atoms with E-state index in [1.54, 1.807) is 11.8 Å². The fourth-order valence-electron chi connectivity index (χ4n) is 2.08. The molecule has 0 bridgehead atoms. The van der Waals surface area contributed by atoms with Crippen LogP contribution in [0.4, 0.5) is 4.79 Å². The fourth-order valence-corrected chi connectivity index (χ4v) is 2.08. The van der Waals surface area contributed by atoms with E-state index < -0.39 is 11.6 Å². The highest BCUT2D eigenvalue weighted by Crippen LogP contribution is 2.22. The second kappa shape index (κ2) is 5.56. The minimum Gasteiger partial charge on any atom is -0.481 e. The molecule has 1 aliphatic heterocycles. The van der Waals surface area contributed by atoms with Crippen LogP contribution in [-0.4, -0.2) is 63.3 Å². The number of aliphatic carboxylic acids is 1. The van der Waals surface area contributed by atoms with Gasteiger partial charge in [-0.25, -0.2) is 4.79 Å². The van der Waals surface area contributed by atoms with Gasteiger partial charge in [-0.2, -0.15) is 0 Å². The van der Waals surface area contributed by atoms with Crippen LogP contribution >= 0.6 is 0 Å². The largest absolute Gasteiger partial charge is 0.481 e. The molecule has 0 radical (unpaired) electrons. The first-order valence-electron chi connectivity index (χ1n) is 6.22. The predicted octanol–water partition coefficient (Wildman–Crippen LogP) is 0.748. The van der Waals surface area contributed by atoms with Crippen molar-refractivity contribution in [3.05, 3.63) is 0 Å². The number of carbonyl (C=O) groups is 2. The Hall–Kier alpha value is -1.30. The van der Waals surface area contributed by atoms with Crippen LogP contribution in [0.3, 0.4) is 0 Å². The normalized spacial score (nSPS) is 23.5. The van der Waals surface area contributed by atoms with E-state index in [9.17, 15) is 14.7 Å². The first kappa shape index (κ1) is 14.8. The summed E-state index contributed by atoms with van der Waals surface area (Å²) < 4.78 is 0. The van der Waals surface area contributed by atoms with E-state index >= 15 is 0 Å². The van der Waals surface area contributed by atoms with Gasteiger partial charge in [0.2, 0.25) is 0 Å². The Morgan fingerprint density at radius 1 is 1.44 bits per heavy atom. The summed E-state index contributed by atoms with van der Waals surface area (Å²) in [4.78, 5) is 25.9. The smallest absolute Gasteiger partial charge is 0.320 e. The highest BCUT2D eigenvalue weighted by molar-refractivity contribution is 5.76. The topological polar surface area (TPSA) is 81.1 Å². The Kier molecular flexibility index (Phi) is 4.56. The molecule has 0 aromatic rings. The summed E-state index contributed by atoms with van der Waals surface area (Å²) in [6.45, 7) is 6.44. The maximum Gasteiger partial charge on any atom is 0.320 e. The van der Waals surface area contributed by atoms with Crippen molar-refractivity contribution >= 4 is 12.0 Å². The van der Waals surface area contributed by atoms with Crippen molar-refractivity contribution < 1.29 is 19.8 Å². The molecular weight excluding hydrogens is 236 g/mol. The number of likely N-dealkylation sites (tertiary alicyclic amines) is 1. The highest BCUT2D eigenvalue weighted by atomic mass is 16.4. The van der Waals surface area contributed by atoms with Gasteiger partial charge >= 0.3 is 12.0 Å². The lowest BCUT2D eigenvalue weighted by Crippen LogP contribution is -2.47. The molecular formula is C12H22N2O4. The SMILES string of the molecule is CC(C)N(CCC(=O)O)C(=O)N1CCC(C)(O)C1. The van der Waals surface area contributed by atoms with Crippen LogP contribution in [0.5, 0.6) is 0 Å². The van der Waals surface area contributed by atoms with E-state index in [-0.39, 0.29) is 25.0 Å². The van der Waals surface area contributed by atoms with Gasteiger partial charge in [0.15, 0.2) is 0 Å². The van der Waals surface area contributed by atoms with Gasteiger partial charge in [0.1, 0.15) is 0 Å². The maximum atomic E-state index is 12.2. The molecule has 6 nitrogen and oxygen atoms in total. The van der Waals surface area contributed by atoms with Gasteiger partial charge in [-0.05, 0) is 27.2 Å². The average Bonchev–Trinajstić information content (AvgIpc) is 2.57. The minimum atomic E-state index is -0.915. The Bertz CT molecular complexity index is 328. The van der Waals surface area contributed by atoms with Crippen LogP contribution in [0.25, 0.3) is 0 Å². The van der Waals surface area contributed by atoms with E-state index in [2.05, 4.69) is 0 Å². The summed E-state index contributed by atoms with van der Waals surface area (Å²) in [6.07, 6.45) is 0.498. The average molecular weight is 258 g/mol. The highest BCUT2D eigenvalue weighted by Gasteiger charge is 2.36. The summed E-state index contributed by atoms with van der Waals surface area (Å²) in [5.74, 6) is -0.915. The minimum absolute atomic E-state index is 0.0533. The Balaban J connectivity index is 2.63. The molecule has 0 aliphatic carbocycles. The second-order valence-electron chi connectivity index (χ2n) is 5.38. The van der Waals surface area contributed by atoms with Crippen molar-refractivity contribution in [2.24, 2.45) is 0 Å². The molecule has 2 amide bonds. The van der Waals surface area contributed by atoms with Gasteiger partial charge in [0, 0.05) is 19.1 Å².